The number of fused-ring (bicyclic) bond motifs is 5. The molecule has 0 amide bonds. The zero-order valence-corrected chi connectivity index (χ0v) is 24.8. The molecule has 11 atom stereocenters. The molecule has 0 aromatic heterocycles. The van der Waals surface area contributed by atoms with Crippen LogP contribution in [0.3, 0.4) is 0 Å². The fourth-order valence-corrected chi connectivity index (χ4v) is 10.4. The zero-order valence-electron chi connectivity index (χ0n) is 24.8. The zero-order chi connectivity index (χ0) is 27.3. The first-order valence-electron chi connectivity index (χ1n) is 15.0. The van der Waals surface area contributed by atoms with Crippen LogP contribution in [0.1, 0.15) is 101 Å². The lowest BCUT2D eigenvalue weighted by atomic mass is 9.39. The van der Waals surface area contributed by atoms with Crippen molar-refractivity contribution in [1.82, 2.24) is 0 Å². The van der Waals surface area contributed by atoms with Gasteiger partial charge in [0, 0.05) is 23.7 Å². The van der Waals surface area contributed by atoms with Crippen molar-refractivity contribution in [2.45, 2.75) is 101 Å². The summed E-state index contributed by atoms with van der Waals surface area (Å²) in [6.07, 6.45) is 7.84. The number of esters is 1. The van der Waals surface area contributed by atoms with Crippen LogP contribution in [0.4, 0.5) is 0 Å². The Morgan fingerprint density at radius 3 is 2.32 bits per heavy atom. The molecule has 0 bridgehead atoms. The Balaban J connectivity index is 1.49. The summed E-state index contributed by atoms with van der Waals surface area (Å²) in [5, 5.41) is 0. The minimum atomic E-state index is -0.487. The first kappa shape index (κ1) is 27.1. The highest BCUT2D eigenvalue weighted by Gasteiger charge is 2.69. The molecule has 1 heterocycles. The number of cyclic esters (lactones) is 1. The number of hydrogen-bond acceptors (Lipinski definition) is 4. The van der Waals surface area contributed by atoms with Gasteiger partial charge in [0.25, 0.3) is 0 Å². The van der Waals surface area contributed by atoms with Crippen molar-refractivity contribution in [2.24, 2.45) is 69.0 Å². The molecular formula is C33H50O4. The third-order valence-electron chi connectivity index (χ3n) is 13.6. The van der Waals surface area contributed by atoms with E-state index in [4.69, 9.17) is 4.74 Å². The van der Waals surface area contributed by atoms with Crippen molar-refractivity contribution in [3.05, 3.63) is 11.6 Å². The minimum absolute atomic E-state index is 0.0146. The molecule has 206 valence electrons. The third-order valence-corrected chi connectivity index (χ3v) is 13.6. The monoisotopic (exact) mass is 510 g/mol. The average molecular weight is 511 g/mol. The normalized spacial score (nSPS) is 49.6. The summed E-state index contributed by atoms with van der Waals surface area (Å²) >= 11 is 0. The molecule has 1 unspecified atom stereocenters. The van der Waals surface area contributed by atoms with E-state index in [1.54, 1.807) is 0 Å². The van der Waals surface area contributed by atoms with Gasteiger partial charge in [-0.15, -0.1) is 0 Å². The highest BCUT2D eigenvalue weighted by atomic mass is 16.5. The molecule has 5 aliphatic rings. The van der Waals surface area contributed by atoms with Crippen LogP contribution in [-0.2, 0) is 19.1 Å². The van der Waals surface area contributed by atoms with Crippen LogP contribution in [0.5, 0.6) is 0 Å². The number of ketones is 2. The lowest BCUT2D eigenvalue weighted by Gasteiger charge is -2.64. The molecule has 4 fully saturated rings. The van der Waals surface area contributed by atoms with Gasteiger partial charge >= 0.3 is 5.97 Å². The van der Waals surface area contributed by atoms with Crippen molar-refractivity contribution in [2.75, 3.05) is 6.61 Å². The van der Waals surface area contributed by atoms with Gasteiger partial charge in [-0.05, 0) is 84.0 Å². The molecule has 5 rings (SSSR count). The molecule has 1 saturated heterocycles. The number of Topliss-reactive ketones (excluding diaryl/α,β-unsaturated/α-hetero) is 1. The lowest BCUT2D eigenvalue weighted by molar-refractivity contribution is -0.145. The van der Waals surface area contributed by atoms with E-state index < -0.39 is 5.41 Å². The summed E-state index contributed by atoms with van der Waals surface area (Å²) in [5.41, 5.74) is 0.833. The molecule has 0 N–H and O–H groups in total. The fraction of sp³-hybridized carbons (Fsp3) is 0.848. The molecule has 4 heteroatoms. The second-order valence-corrected chi connectivity index (χ2v) is 15.4. The SMILES string of the molecule is C[C@@H]1C[C@H]2C(=O)C=C3C(C[C@@H](C)[C@]4(C)[C@@H](C(C)(C)C(=O)C[C@@H]5COC(=O)[C@H]5C)CC[C@@]34C)[C@@]2(C)C[C@@H]1C. The largest absolute Gasteiger partial charge is 0.465 e. The summed E-state index contributed by atoms with van der Waals surface area (Å²) in [4.78, 5) is 39.6. The van der Waals surface area contributed by atoms with Crippen LogP contribution in [0, 0.1) is 69.0 Å². The van der Waals surface area contributed by atoms with E-state index in [0.717, 1.165) is 32.1 Å². The van der Waals surface area contributed by atoms with E-state index in [9.17, 15) is 14.4 Å². The van der Waals surface area contributed by atoms with Crippen molar-refractivity contribution < 1.29 is 19.1 Å². The molecular weight excluding hydrogens is 460 g/mol. The number of carbonyl (C=O) groups is 3. The van der Waals surface area contributed by atoms with Gasteiger partial charge in [0.15, 0.2) is 5.78 Å². The van der Waals surface area contributed by atoms with Crippen LogP contribution >= 0.6 is 0 Å². The molecule has 1 aliphatic heterocycles. The Morgan fingerprint density at radius 2 is 1.70 bits per heavy atom. The fourth-order valence-electron chi connectivity index (χ4n) is 10.4. The first-order valence-corrected chi connectivity index (χ1v) is 15.0. The molecule has 4 aliphatic carbocycles. The van der Waals surface area contributed by atoms with Gasteiger partial charge in [-0.1, -0.05) is 67.9 Å². The molecule has 37 heavy (non-hydrogen) atoms. The van der Waals surface area contributed by atoms with Gasteiger partial charge in [0.2, 0.25) is 0 Å². The highest BCUT2D eigenvalue weighted by molar-refractivity contribution is 5.95. The van der Waals surface area contributed by atoms with Gasteiger partial charge in [-0.3, -0.25) is 14.4 Å². The second-order valence-electron chi connectivity index (χ2n) is 15.4. The predicted octanol–water partition coefficient (Wildman–Crippen LogP) is 7.06. The van der Waals surface area contributed by atoms with E-state index >= 15 is 0 Å². The molecule has 4 nitrogen and oxygen atoms in total. The Labute approximate surface area is 224 Å². The number of allylic oxidation sites excluding steroid dienone is 2. The Hall–Kier alpha value is -1.45. The van der Waals surface area contributed by atoms with Crippen LogP contribution in [0.25, 0.3) is 0 Å². The van der Waals surface area contributed by atoms with Crippen LogP contribution in [0.2, 0.25) is 0 Å². The first-order chi connectivity index (χ1) is 17.1. The van der Waals surface area contributed by atoms with Gasteiger partial charge in [0.05, 0.1) is 12.5 Å². The summed E-state index contributed by atoms with van der Waals surface area (Å²) in [5.74, 6) is 2.81. The van der Waals surface area contributed by atoms with Crippen molar-refractivity contribution in [3.8, 4) is 0 Å². The van der Waals surface area contributed by atoms with E-state index in [0.29, 0.717) is 42.5 Å². The quantitative estimate of drug-likeness (QED) is 0.380. The Kier molecular flexibility index (Phi) is 6.25. The van der Waals surface area contributed by atoms with Crippen LogP contribution in [-0.4, -0.2) is 24.1 Å². The summed E-state index contributed by atoms with van der Waals surface area (Å²) in [7, 11) is 0. The van der Waals surface area contributed by atoms with Gasteiger partial charge in [0.1, 0.15) is 5.78 Å². The summed E-state index contributed by atoms with van der Waals surface area (Å²) < 4.78 is 5.26. The van der Waals surface area contributed by atoms with Gasteiger partial charge in [-0.25, -0.2) is 0 Å². The molecule has 0 spiro atoms. The highest BCUT2D eigenvalue weighted by Crippen LogP contribution is 2.74. The molecule has 0 radical (unpaired) electrons. The Morgan fingerprint density at radius 1 is 1.03 bits per heavy atom. The van der Waals surface area contributed by atoms with Gasteiger partial charge < -0.3 is 4.74 Å². The maximum absolute atomic E-state index is 13.9. The van der Waals surface area contributed by atoms with E-state index in [2.05, 4.69) is 61.5 Å². The molecule has 3 saturated carbocycles. The van der Waals surface area contributed by atoms with E-state index in [-0.39, 0.29) is 51.7 Å². The van der Waals surface area contributed by atoms with Crippen LogP contribution < -0.4 is 0 Å². The van der Waals surface area contributed by atoms with E-state index in [1.807, 2.05) is 6.92 Å². The third kappa shape index (κ3) is 3.55. The van der Waals surface area contributed by atoms with Gasteiger partial charge in [-0.2, -0.15) is 0 Å². The molecule has 0 aromatic rings. The summed E-state index contributed by atoms with van der Waals surface area (Å²) in [6.45, 7) is 21.0. The maximum atomic E-state index is 13.9. The number of ether oxygens (including phenoxy) is 1. The topological polar surface area (TPSA) is 60.4 Å². The number of rotatable bonds is 4. The maximum Gasteiger partial charge on any atom is 0.309 e. The Bertz CT molecular complexity index is 1040. The predicted molar refractivity (Wildman–Crippen MR) is 145 cm³/mol. The van der Waals surface area contributed by atoms with E-state index in [1.165, 1.54) is 5.57 Å². The van der Waals surface area contributed by atoms with Crippen LogP contribution in [0.15, 0.2) is 11.6 Å². The van der Waals surface area contributed by atoms with Crippen molar-refractivity contribution >= 4 is 17.5 Å². The summed E-state index contributed by atoms with van der Waals surface area (Å²) in [6, 6.07) is 0. The smallest absolute Gasteiger partial charge is 0.309 e. The van der Waals surface area contributed by atoms with Crippen molar-refractivity contribution in [1.29, 1.82) is 0 Å². The lowest BCUT2D eigenvalue weighted by Crippen LogP contribution is -2.59. The average Bonchev–Trinajstić information content (AvgIpc) is 3.29. The standard InChI is InChI=1S/C33H50O4/c1-18-12-25-26(34)15-24-23(31(25,7)16-19(18)2)13-20(3)33(9)27(10-11-32(24,33)8)30(5,6)28(35)14-22-17-37-29(36)21(22)4/h15,18-23,25,27H,10-14,16-17H2,1-9H3/t18-,19+,20-,21+,22-,23?,25+,27-,31-,32+,33-/m1/s1. The number of hydrogen-bond donors (Lipinski definition) is 0. The molecule has 0 aromatic carbocycles. The van der Waals surface area contributed by atoms with Crippen molar-refractivity contribution in [3.63, 3.8) is 0 Å². The minimum Gasteiger partial charge on any atom is -0.465 e. The second kappa shape index (κ2) is 8.52. The number of carbonyl (C=O) groups excluding carboxylic acids is 3.